The Balaban J connectivity index is 1.74. The molecule has 0 saturated carbocycles. The number of hydrogen-bond donors (Lipinski definition) is 3. The molecule has 0 aliphatic heterocycles. The van der Waals surface area contributed by atoms with Crippen molar-refractivity contribution < 1.29 is 24.2 Å². The summed E-state index contributed by atoms with van der Waals surface area (Å²) in [7, 11) is 1.43. The number of carboxylic acid groups (broad SMARTS) is 1. The molecular formula is C32H32N2O5. The fourth-order valence-electron chi connectivity index (χ4n) is 4.23. The van der Waals surface area contributed by atoms with Crippen LogP contribution < -0.4 is 20.1 Å². The molecule has 39 heavy (non-hydrogen) atoms. The number of amides is 2. The number of anilines is 2. The van der Waals surface area contributed by atoms with E-state index < -0.39 is 12.0 Å². The van der Waals surface area contributed by atoms with Crippen LogP contribution in [0.25, 0.3) is 11.1 Å². The Morgan fingerprint density at radius 3 is 2.08 bits per heavy atom. The molecule has 0 radical (unpaired) electrons. The van der Waals surface area contributed by atoms with E-state index in [9.17, 15) is 14.7 Å². The van der Waals surface area contributed by atoms with Crippen LogP contribution in [-0.2, 0) is 5.41 Å². The molecule has 7 nitrogen and oxygen atoms in total. The van der Waals surface area contributed by atoms with E-state index in [1.807, 2.05) is 61.5 Å². The van der Waals surface area contributed by atoms with Crippen molar-refractivity contribution in [2.45, 2.75) is 33.1 Å². The number of urea groups is 1. The maximum absolute atomic E-state index is 13.1. The second-order valence-corrected chi connectivity index (χ2v) is 10.2. The quantitative estimate of drug-likeness (QED) is 0.227. The van der Waals surface area contributed by atoms with Gasteiger partial charge < -0.3 is 25.2 Å². The summed E-state index contributed by atoms with van der Waals surface area (Å²) in [5, 5.41) is 15.3. The van der Waals surface area contributed by atoms with Crippen LogP contribution in [0, 0.1) is 6.92 Å². The number of para-hydroxylation sites is 2. The van der Waals surface area contributed by atoms with Crippen molar-refractivity contribution >= 4 is 23.4 Å². The van der Waals surface area contributed by atoms with Gasteiger partial charge in [-0.1, -0.05) is 69.3 Å². The minimum absolute atomic E-state index is 0.0657. The van der Waals surface area contributed by atoms with Crippen molar-refractivity contribution in [3.63, 3.8) is 0 Å². The molecule has 0 aliphatic carbocycles. The van der Waals surface area contributed by atoms with Crippen molar-refractivity contribution in [1.82, 2.24) is 0 Å². The number of rotatable bonds is 7. The summed E-state index contributed by atoms with van der Waals surface area (Å²) in [6.07, 6.45) is 0. The molecule has 4 rings (SSSR count). The molecule has 200 valence electrons. The van der Waals surface area contributed by atoms with Crippen molar-refractivity contribution in [1.29, 1.82) is 0 Å². The van der Waals surface area contributed by atoms with E-state index in [0.29, 0.717) is 22.9 Å². The molecule has 0 aliphatic rings. The van der Waals surface area contributed by atoms with Crippen molar-refractivity contribution in [3.05, 3.63) is 102 Å². The number of ether oxygens (including phenoxy) is 2. The zero-order valence-corrected chi connectivity index (χ0v) is 22.7. The summed E-state index contributed by atoms with van der Waals surface area (Å²) in [4.78, 5) is 24.6. The lowest BCUT2D eigenvalue weighted by Gasteiger charge is -2.23. The molecule has 7 heteroatoms. The first-order valence-electron chi connectivity index (χ1n) is 12.5. The fourth-order valence-corrected chi connectivity index (χ4v) is 4.23. The van der Waals surface area contributed by atoms with Crippen LogP contribution in [0.3, 0.4) is 0 Å². The third-order valence-electron chi connectivity index (χ3n) is 6.30. The van der Waals surface area contributed by atoms with Crippen molar-refractivity contribution in [2.24, 2.45) is 0 Å². The molecule has 0 atom stereocenters. The number of carboxylic acids is 1. The van der Waals surface area contributed by atoms with Crippen LogP contribution in [0.4, 0.5) is 16.2 Å². The Bertz CT molecular complexity index is 1520. The third-order valence-corrected chi connectivity index (χ3v) is 6.30. The lowest BCUT2D eigenvalue weighted by Crippen LogP contribution is -2.20. The highest BCUT2D eigenvalue weighted by atomic mass is 16.5. The smallest absolute Gasteiger partial charge is 0.339 e. The van der Waals surface area contributed by atoms with Crippen LogP contribution in [0.1, 0.15) is 42.3 Å². The number of hydrogen-bond acceptors (Lipinski definition) is 4. The molecule has 4 aromatic rings. The van der Waals surface area contributed by atoms with Crippen molar-refractivity contribution in [3.8, 4) is 28.4 Å². The van der Waals surface area contributed by atoms with Gasteiger partial charge in [0.1, 0.15) is 17.1 Å². The molecule has 0 spiro atoms. The van der Waals surface area contributed by atoms with E-state index in [1.54, 1.807) is 24.3 Å². The van der Waals surface area contributed by atoms with Gasteiger partial charge in [0.25, 0.3) is 0 Å². The van der Waals surface area contributed by atoms with E-state index in [-0.39, 0.29) is 16.7 Å². The highest BCUT2D eigenvalue weighted by molar-refractivity contribution is 6.01. The van der Waals surface area contributed by atoms with E-state index in [1.165, 1.54) is 13.2 Å². The number of aryl methyl sites for hydroxylation is 1. The third kappa shape index (κ3) is 6.38. The van der Waals surface area contributed by atoms with Gasteiger partial charge in [0.05, 0.1) is 12.8 Å². The van der Waals surface area contributed by atoms with Crippen LogP contribution in [-0.4, -0.2) is 24.2 Å². The SMILES string of the molecule is COc1cc(-c2ccc(Oc3ccccc3C(C)(C)C)c(NC(=O)Nc3ccccc3C)c2)ccc1C(=O)O. The number of carbonyl (C=O) groups is 2. The molecule has 0 unspecified atom stereocenters. The lowest BCUT2D eigenvalue weighted by atomic mass is 9.86. The average molecular weight is 525 g/mol. The van der Waals surface area contributed by atoms with E-state index in [4.69, 9.17) is 9.47 Å². The van der Waals surface area contributed by atoms with E-state index in [0.717, 1.165) is 22.3 Å². The second kappa shape index (κ2) is 11.3. The van der Waals surface area contributed by atoms with Gasteiger partial charge in [-0.3, -0.25) is 0 Å². The fraction of sp³-hybridized carbons (Fsp3) is 0.188. The first-order valence-corrected chi connectivity index (χ1v) is 12.5. The van der Waals surface area contributed by atoms with Crippen LogP contribution in [0.15, 0.2) is 84.9 Å². The summed E-state index contributed by atoms with van der Waals surface area (Å²) in [5.41, 5.74) is 4.48. The Morgan fingerprint density at radius 1 is 0.744 bits per heavy atom. The zero-order valence-electron chi connectivity index (χ0n) is 22.7. The minimum atomic E-state index is -1.07. The largest absolute Gasteiger partial charge is 0.496 e. The molecule has 0 aromatic heterocycles. The second-order valence-electron chi connectivity index (χ2n) is 10.2. The molecule has 0 heterocycles. The van der Waals surface area contributed by atoms with Crippen molar-refractivity contribution in [2.75, 3.05) is 17.7 Å². The standard InChI is InChI=1S/C32H32N2O5/c1-20-10-6-8-12-25(20)33-31(37)34-26-18-21(22-14-16-23(30(35)36)29(19-22)38-5)15-17-28(26)39-27-13-9-7-11-24(27)32(2,3)4/h6-19H,1-5H3,(H,35,36)(H2,33,34,37). The number of methoxy groups -OCH3 is 1. The van der Waals surface area contributed by atoms with Crippen LogP contribution in [0.5, 0.6) is 17.2 Å². The van der Waals surface area contributed by atoms with Gasteiger partial charge in [-0.2, -0.15) is 0 Å². The van der Waals surface area contributed by atoms with Gasteiger partial charge in [0.15, 0.2) is 5.75 Å². The molecular weight excluding hydrogens is 492 g/mol. The van der Waals surface area contributed by atoms with E-state index >= 15 is 0 Å². The highest BCUT2D eigenvalue weighted by Crippen LogP contribution is 2.39. The molecule has 0 bridgehead atoms. The van der Waals surface area contributed by atoms with Crippen LogP contribution in [0.2, 0.25) is 0 Å². The number of nitrogens with one attached hydrogen (secondary N) is 2. The topological polar surface area (TPSA) is 96.9 Å². The summed E-state index contributed by atoms with van der Waals surface area (Å²) < 4.78 is 11.7. The maximum atomic E-state index is 13.1. The Kier molecular flexibility index (Phi) is 7.91. The van der Waals surface area contributed by atoms with E-state index in [2.05, 4.69) is 31.4 Å². The predicted molar refractivity (Wildman–Crippen MR) is 154 cm³/mol. The summed E-state index contributed by atoms with van der Waals surface area (Å²) >= 11 is 0. The zero-order chi connectivity index (χ0) is 28.2. The minimum Gasteiger partial charge on any atom is -0.496 e. The van der Waals surface area contributed by atoms with Gasteiger partial charge in [0.2, 0.25) is 0 Å². The highest BCUT2D eigenvalue weighted by Gasteiger charge is 2.21. The lowest BCUT2D eigenvalue weighted by molar-refractivity contribution is 0.0693. The molecule has 3 N–H and O–H groups in total. The normalized spacial score (nSPS) is 11.0. The Labute approximate surface area is 228 Å². The molecule has 0 fully saturated rings. The van der Waals surface area contributed by atoms with Gasteiger partial charge in [-0.05, 0) is 65.4 Å². The molecule has 0 saturated heterocycles. The molecule has 2 amide bonds. The van der Waals surface area contributed by atoms with Gasteiger partial charge in [0, 0.05) is 11.3 Å². The average Bonchev–Trinajstić information content (AvgIpc) is 2.90. The predicted octanol–water partition coefficient (Wildman–Crippen LogP) is 8.10. The first kappa shape index (κ1) is 27.3. The maximum Gasteiger partial charge on any atom is 0.339 e. The summed E-state index contributed by atoms with van der Waals surface area (Å²) in [6, 6.07) is 25.2. The van der Waals surface area contributed by atoms with Gasteiger partial charge in [-0.15, -0.1) is 0 Å². The number of aromatic carboxylic acids is 1. The Hall–Kier alpha value is -4.78. The number of benzene rings is 4. The monoisotopic (exact) mass is 524 g/mol. The van der Waals surface area contributed by atoms with Gasteiger partial charge in [-0.25, -0.2) is 9.59 Å². The Morgan fingerprint density at radius 2 is 1.38 bits per heavy atom. The summed E-state index contributed by atoms with van der Waals surface area (Å²) in [5.74, 6) is 0.318. The van der Waals surface area contributed by atoms with Crippen LogP contribution >= 0.6 is 0 Å². The number of carbonyl (C=O) groups excluding carboxylic acids is 1. The molecule has 4 aromatic carbocycles. The summed E-state index contributed by atoms with van der Waals surface area (Å²) in [6.45, 7) is 8.26. The van der Waals surface area contributed by atoms with Gasteiger partial charge >= 0.3 is 12.0 Å². The first-order chi connectivity index (χ1) is 18.6.